The van der Waals surface area contributed by atoms with E-state index in [0.717, 1.165) is 6.42 Å². The molecule has 1 spiro atoms. The van der Waals surface area contributed by atoms with E-state index in [4.69, 9.17) is 0 Å². The summed E-state index contributed by atoms with van der Waals surface area (Å²) < 4.78 is 0. The van der Waals surface area contributed by atoms with E-state index in [-0.39, 0.29) is 5.41 Å². The zero-order valence-electron chi connectivity index (χ0n) is 30.4. The second-order valence-electron chi connectivity index (χ2n) is 16.0. The van der Waals surface area contributed by atoms with Crippen LogP contribution < -0.4 is 4.90 Å². The molecule has 0 N–H and O–H groups in total. The summed E-state index contributed by atoms with van der Waals surface area (Å²) in [5.41, 5.74) is 24.9. The van der Waals surface area contributed by atoms with Gasteiger partial charge in [0.1, 0.15) is 0 Å². The first-order valence-electron chi connectivity index (χ1n) is 19.2. The standard InChI is InChI=1S/C53H37N/c1-52(2)44-20-10-6-17-38(44)41-27-25-35(31-48(41)52)54(50-23-13-9-16-37(50)33-14-4-3-5-15-33)36-26-28-42-49(32-36)53(47-29-24-34-30-43(34)51(42)47)45-21-11-7-18-39(45)40-19-8-12-22-46(40)53/h3-29,31-32H,30H2,1-2H3. The van der Waals surface area contributed by atoms with Gasteiger partial charge in [-0.2, -0.15) is 0 Å². The number of hydrogen-bond acceptors (Lipinski definition) is 1. The molecule has 0 fully saturated rings. The van der Waals surface area contributed by atoms with Crippen molar-refractivity contribution < 1.29 is 0 Å². The zero-order valence-corrected chi connectivity index (χ0v) is 30.4. The van der Waals surface area contributed by atoms with Crippen molar-refractivity contribution in [2.24, 2.45) is 0 Å². The summed E-state index contributed by atoms with van der Waals surface area (Å²) in [7, 11) is 0. The van der Waals surface area contributed by atoms with E-state index in [2.05, 4.69) is 195 Å². The molecule has 254 valence electrons. The fourth-order valence-corrected chi connectivity index (χ4v) is 10.6. The Hall–Kier alpha value is -6.44. The molecule has 0 heterocycles. The van der Waals surface area contributed by atoms with Crippen LogP contribution in [0.1, 0.15) is 58.4 Å². The lowest BCUT2D eigenvalue weighted by molar-refractivity contribution is 0.660. The lowest BCUT2D eigenvalue weighted by Gasteiger charge is -2.33. The minimum atomic E-state index is -0.391. The van der Waals surface area contributed by atoms with E-state index in [1.165, 1.54) is 106 Å². The average Bonchev–Trinajstić information content (AvgIpc) is 3.82. The molecule has 1 heteroatoms. The molecule has 54 heavy (non-hydrogen) atoms. The first-order valence-corrected chi connectivity index (χ1v) is 19.2. The molecule has 0 saturated heterocycles. The topological polar surface area (TPSA) is 3.24 Å². The third-order valence-electron chi connectivity index (χ3n) is 13.0. The van der Waals surface area contributed by atoms with Crippen LogP contribution in [0, 0.1) is 0 Å². The highest BCUT2D eigenvalue weighted by atomic mass is 15.1. The summed E-state index contributed by atoms with van der Waals surface area (Å²) in [6, 6.07) is 66.4. The Morgan fingerprint density at radius 3 is 1.65 bits per heavy atom. The third-order valence-corrected chi connectivity index (χ3v) is 13.0. The van der Waals surface area contributed by atoms with Gasteiger partial charge in [-0.05, 0) is 120 Å². The van der Waals surface area contributed by atoms with E-state index >= 15 is 0 Å². The van der Waals surface area contributed by atoms with Crippen LogP contribution in [0.4, 0.5) is 17.1 Å². The normalized spacial score (nSPS) is 15.1. The molecule has 0 aliphatic heterocycles. The van der Waals surface area contributed by atoms with Crippen molar-refractivity contribution >= 4 is 17.1 Å². The van der Waals surface area contributed by atoms with E-state index in [1.807, 2.05) is 0 Å². The number of benzene rings is 8. The maximum Gasteiger partial charge on any atom is 0.0726 e. The van der Waals surface area contributed by atoms with Gasteiger partial charge in [-0.15, -0.1) is 0 Å². The number of hydrogen-bond donors (Lipinski definition) is 0. The minimum Gasteiger partial charge on any atom is -0.310 e. The number of nitrogens with zero attached hydrogens (tertiary/aromatic N) is 1. The first-order chi connectivity index (χ1) is 26.5. The van der Waals surface area contributed by atoms with Gasteiger partial charge in [0, 0.05) is 22.4 Å². The Morgan fingerprint density at radius 1 is 0.407 bits per heavy atom. The van der Waals surface area contributed by atoms with Gasteiger partial charge in [0.25, 0.3) is 0 Å². The van der Waals surface area contributed by atoms with E-state index in [9.17, 15) is 0 Å². The minimum absolute atomic E-state index is 0.114. The molecule has 0 aromatic heterocycles. The third kappa shape index (κ3) is 3.79. The van der Waals surface area contributed by atoms with Crippen LogP contribution in [0.2, 0.25) is 0 Å². The van der Waals surface area contributed by atoms with Crippen molar-refractivity contribution in [2.45, 2.75) is 31.1 Å². The summed E-state index contributed by atoms with van der Waals surface area (Å²) in [6.45, 7) is 4.75. The van der Waals surface area contributed by atoms with Crippen molar-refractivity contribution in [1.82, 2.24) is 0 Å². The lowest BCUT2D eigenvalue weighted by Crippen LogP contribution is -2.26. The Morgan fingerprint density at radius 2 is 0.944 bits per heavy atom. The van der Waals surface area contributed by atoms with E-state index in [1.54, 1.807) is 0 Å². The van der Waals surface area contributed by atoms with E-state index < -0.39 is 5.41 Å². The molecule has 4 aliphatic rings. The van der Waals surface area contributed by atoms with Crippen molar-refractivity contribution in [2.75, 3.05) is 4.90 Å². The summed E-state index contributed by atoms with van der Waals surface area (Å²) in [5, 5.41) is 0. The van der Waals surface area contributed by atoms with Gasteiger partial charge in [-0.3, -0.25) is 0 Å². The predicted octanol–water partition coefficient (Wildman–Crippen LogP) is 13.4. The molecule has 8 aromatic carbocycles. The van der Waals surface area contributed by atoms with Crippen LogP contribution in [-0.2, 0) is 17.3 Å². The van der Waals surface area contributed by atoms with E-state index in [0.29, 0.717) is 0 Å². The molecule has 8 aromatic rings. The van der Waals surface area contributed by atoms with Crippen LogP contribution in [0.3, 0.4) is 0 Å². The Bertz CT molecular complexity index is 2850. The number of fused-ring (bicyclic) bond motifs is 15. The molecule has 0 bridgehead atoms. The number of anilines is 3. The summed E-state index contributed by atoms with van der Waals surface area (Å²) in [6.07, 6.45) is 1.08. The lowest BCUT2D eigenvalue weighted by atomic mass is 9.70. The average molecular weight is 688 g/mol. The number of para-hydroxylation sites is 1. The first kappa shape index (κ1) is 30.1. The van der Waals surface area contributed by atoms with Crippen molar-refractivity contribution in [3.05, 3.63) is 220 Å². The summed E-state index contributed by atoms with van der Waals surface area (Å²) >= 11 is 0. The molecule has 0 unspecified atom stereocenters. The highest BCUT2D eigenvalue weighted by Gasteiger charge is 2.53. The van der Waals surface area contributed by atoms with Crippen LogP contribution >= 0.6 is 0 Å². The van der Waals surface area contributed by atoms with Crippen LogP contribution in [-0.4, -0.2) is 0 Å². The highest BCUT2D eigenvalue weighted by Crippen LogP contribution is 2.65. The van der Waals surface area contributed by atoms with Crippen molar-refractivity contribution in [3.8, 4) is 44.5 Å². The molecule has 0 amide bonds. The van der Waals surface area contributed by atoms with Crippen molar-refractivity contribution in [1.29, 1.82) is 0 Å². The summed E-state index contributed by atoms with van der Waals surface area (Å²) in [5.74, 6) is 0. The zero-order chi connectivity index (χ0) is 35.8. The quantitative estimate of drug-likeness (QED) is 0.178. The van der Waals surface area contributed by atoms with Gasteiger partial charge in [0.15, 0.2) is 0 Å². The van der Waals surface area contributed by atoms with Gasteiger partial charge >= 0.3 is 0 Å². The van der Waals surface area contributed by atoms with Gasteiger partial charge in [0.2, 0.25) is 0 Å². The van der Waals surface area contributed by atoms with Gasteiger partial charge in [-0.1, -0.05) is 159 Å². The highest BCUT2D eigenvalue weighted by molar-refractivity contribution is 5.99. The monoisotopic (exact) mass is 687 g/mol. The molecule has 0 atom stereocenters. The largest absolute Gasteiger partial charge is 0.310 e. The second kappa shape index (κ2) is 10.6. The van der Waals surface area contributed by atoms with Crippen LogP contribution in [0.5, 0.6) is 0 Å². The molecule has 0 radical (unpaired) electrons. The Labute approximate surface area is 316 Å². The molecule has 4 aliphatic carbocycles. The smallest absolute Gasteiger partial charge is 0.0726 e. The Kier molecular flexibility index (Phi) is 5.89. The van der Waals surface area contributed by atoms with Crippen molar-refractivity contribution in [3.63, 3.8) is 0 Å². The molecule has 1 nitrogen and oxygen atoms in total. The van der Waals surface area contributed by atoms with Crippen LogP contribution in [0.25, 0.3) is 44.5 Å². The van der Waals surface area contributed by atoms with Gasteiger partial charge in [-0.25, -0.2) is 0 Å². The molecule has 0 saturated carbocycles. The Balaban J connectivity index is 1.15. The second-order valence-corrected chi connectivity index (χ2v) is 16.0. The maximum atomic E-state index is 2.54. The number of rotatable bonds is 4. The molecule has 12 rings (SSSR count). The maximum absolute atomic E-state index is 2.54. The van der Waals surface area contributed by atoms with Gasteiger partial charge in [0.05, 0.1) is 11.1 Å². The molecular formula is C53H37N. The SMILES string of the molecule is CC1(C)c2ccccc2-c2ccc(N(c3ccc4c(c3)C3(c5ccccc5-c5ccccc53)c3ccc5c(c3-4)C5)c3ccccc3-c3ccccc3)cc21. The predicted molar refractivity (Wildman–Crippen MR) is 223 cm³/mol. The van der Waals surface area contributed by atoms with Gasteiger partial charge < -0.3 is 4.90 Å². The fourth-order valence-electron chi connectivity index (χ4n) is 10.6. The summed E-state index contributed by atoms with van der Waals surface area (Å²) in [4.78, 5) is 2.53. The van der Waals surface area contributed by atoms with Crippen LogP contribution in [0.15, 0.2) is 176 Å². The fraction of sp³-hybridized carbons (Fsp3) is 0.0943. The molecular weight excluding hydrogens is 651 g/mol.